The molecule has 0 radical (unpaired) electrons. The zero-order valence-corrected chi connectivity index (χ0v) is 19.3. The van der Waals surface area contributed by atoms with Gasteiger partial charge in [0.2, 0.25) is 11.8 Å². The predicted octanol–water partition coefficient (Wildman–Crippen LogP) is 4.82. The second kappa shape index (κ2) is 7.06. The maximum absolute atomic E-state index is 14.2. The average molecular weight is 443 g/mol. The lowest BCUT2D eigenvalue weighted by molar-refractivity contribution is -0.167. The minimum atomic E-state index is -0.747. The highest BCUT2D eigenvalue weighted by atomic mass is 35.5. The molecule has 1 unspecified atom stereocenters. The van der Waals surface area contributed by atoms with Gasteiger partial charge >= 0.3 is 0 Å². The van der Waals surface area contributed by atoms with Gasteiger partial charge in [-0.1, -0.05) is 11.6 Å². The summed E-state index contributed by atoms with van der Waals surface area (Å²) in [6.45, 7) is 5.94. The summed E-state index contributed by atoms with van der Waals surface area (Å²) in [5.41, 5.74) is -0.381. The number of carbonyl (C=O) groups excluding carboxylic acids is 3. The number of hydrogen-bond donors (Lipinski definition) is 0. The summed E-state index contributed by atoms with van der Waals surface area (Å²) in [5, 5.41) is 0.549. The number of hydrogen-bond acceptors (Lipinski definition) is 3. The Kier molecular flexibility index (Phi) is 4.78. The molecule has 5 fully saturated rings. The molecule has 6 heteroatoms. The van der Waals surface area contributed by atoms with Crippen LogP contribution < -0.4 is 4.90 Å². The van der Waals surface area contributed by atoms with Crippen molar-refractivity contribution in [1.29, 1.82) is 0 Å². The lowest BCUT2D eigenvalue weighted by Crippen LogP contribution is -2.62. The van der Waals surface area contributed by atoms with E-state index in [1.807, 2.05) is 20.8 Å². The van der Waals surface area contributed by atoms with Gasteiger partial charge in [-0.2, -0.15) is 0 Å². The van der Waals surface area contributed by atoms with Crippen molar-refractivity contribution in [2.45, 2.75) is 77.3 Å². The number of imide groups is 1. The third-order valence-corrected chi connectivity index (χ3v) is 8.20. The first-order valence-electron chi connectivity index (χ1n) is 11.5. The van der Waals surface area contributed by atoms with E-state index >= 15 is 0 Å². The molecule has 1 heterocycles. The lowest BCUT2D eigenvalue weighted by Gasteiger charge is -2.58. The standard InChI is InChI=1S/C25H31ClN2O3/c1-24(2,3)28(23(31)25-12-15-8-16(13-25)10-17(9-15)14-25)20-11-21(29)27(22(20)30)19-6-4-18(26)5-7-19/h4-7,15-17,20H,8-14H2,1-3H3. The molecule has 1 saturated heterocycles. The molecule has 0 aromatic heterocycles. The maximum atomic E-state index is 14.2. The van der Waals surface area contributed by atoms with E-state index in [1.54, 1.807) is 29.2 Å². The van der Waals surface area contributed by atoms with Crippen LogP contribution in [0.25, 0.3) is 0 Å². The normalized spacial score (nSPS) is 34.5. The Morgan fingerprint density at radius 1 is 1.00 bits per heavy atom. The van der Waals surface area contributed by atoms with Gasteiger partial charge in [0, 0.05) is 10.6 Å². The van der Waals surface area contributed by atoms with E-state index in [1.165, 1.54) is 24.2 Å². The van der Waals surface area contributed by atoms with Gasteiger partial charge in [0.25, 0.3) is 5.91 Å². The molecule has 1 aromatic rings. The summed E-state index contributed by atoms with van der Waals surface area (Å²) in [6.07, 6.45) is 6.64. The molecule has 6 rings (SSSR count). The SMILES string of the molecule is CC(C)(C)N(C(=O)C12CC3CC(CC(C3)C1)C2)C1CC(=O)N(c2ccc(Cl)cc2)C1=O. The van der Waals surface area contributed by atoms with Gasteiger partial charge in [0.15, 0.2) is 0 Å². The van der Waals surface area contributed by atoms with E-state index in [0.29, 0.717) is 28.5 Å². The van der Waals surface area contributed by atoms with E-state index < -0.39 is 11.6 Å². The van der Waals surface area contributed by atoms with Gasteiger partial charge in [0.1, 0.15) is 6.04 Å². The van der Waals surface area contributed by atoms with E-state index in [-0.39, 0.29) is 29.6 Å². The van der Waals surface area contributed by atoms with Gasteiger partial charge in [-0.25, -0.2) is 4.90 Å². The minimum Gasteiger partial charge on any atom is -0.325 e. The Morgan fingerprint density at radius 2 is 1.52 bits per heavy atom. The number of amides is 3. The zero-order valence-electron chi connectivity index (χ0n) is 18.6. The quantitative estimate of drug-likeness (QED) is 0.631. The van der Waals surface area contributed by atoms with Crippen LogP contribution in [0.2, 0.25) is 5.02 Å². The van der Waals surface area contributed by atoms with Crippen LogP contribution in [0.1, 0.15) is 65.7 Å². The fourth-order valence-corrected chi connectivity index (χ4v) is 7.35. The second-order valence-corrected chi connectivity index (χ2v) is 11.7. The van der Waals surface area contributed by atoms with Crippen molar-refractivity contribution in [2.75, 3.05) is 4.90 Å². The summed E-state index contributed by atoms with van der Waals surface area (Å²) in [5.74, 6) is 1.46. The molecule has 5 nitrogen and oxygen atoms in total. The van der Waals surface area contributed by atoms with Gasteiger partial charge < -0.3 is 4.90 Å². The predicted molar refractivity (Wildman–Crippen MR) is 120 cm³/mol. The zero-order chi connectivity index (χ0) is 22.1. The molecule has 4 bridgehead atoms. The number of benzene rings is 1. The van der Waals surface area contributed by atoms with Crippen LogP contribution in [-0.4, -0.2) is 34.2 Å². The van der Waals surface area contributed by atoms with Crippen molar-refractivity contribution in [1.82, 2.24) is 4.90 Å². The van der Waals surface area contributed by atoms with Crippen molar-refractivity contribution in [3.8, 4) is 0 Å². The van der Waals surface area contributed by atoms with E-state index in [4.69, 9.17) is 11.6 Å². The molecule has 3 amide bonds. The van der Waals surface area contributed by atoms with Crippen LogP contribution in [0, 0.1) is 23.2 Å². The molecule has 0 N–H and O–H groups in total. The summed E-state index contributed by atoms with van der Waals surface area (Å²) in [4.78, 5) is 43.6. The molecule has 1 atom stereocenters. The fourth-order valence-electron chi connectivity index (χ4n) is 7.22. The van der Waals surface area contributed by atoms with E-state index in [2.05, 4.69) is 0 Å². The number of rotatable bonds is 3. The molecule has 5 aliphatic rings. The second-order valence-electron chi connectivity index (χ2n) is 11.3. The largest absolute Gasteiger partial charge is 0.325 e. The summed E-state index contributed by atoms with van der Waals surface area (Å²) < 4.78 is 0. The Morgan fingerprint density at radius 3 is 2.00 bits per heavy atom. The van der Waals surface area contributed by atoms with Crippen LogP contribution in [0.4, 0.5) is 5.69 Å². The Balaban J connectivity index is 1.47. The molecule has 31 heavy (non-hydrogen) atoms. The fraction of sp³-hybridized carbons (Fsp3) is 0.640. The topological polar surface area (TPSA) is 57.7 Å². The molecule has 0 spiro atoms. The molecule has 1 aromatic carbocycles. The molecule has 166 valence electrons. The first-order chi connectivity index (χ1) is 14.6. The summed E-state index contributed by atoms with van der Waals surface area (Å²) in [6, 6.07) is 5.97. The third-order valence-electron chi connectivity index (χ3n) is 7.95. The number of nitrogens with zero attached hydrogens (tertiary/aromatic N) is 2. The highest BCUT2D eigenvalue weighted by molar-refractivity contribution is 6.30. The highest BCUT2D eigenvalue weighted by Crippen LogP contribution is 2.61. The molecule has 4 saturated carbocycles. The van der Waals surface area contributed by atoms with E-state index in [9.17, 15) is 14.4 Å². The molecule has 4 aliphatic carbocycles. The van der Waals surface area contributed by atoms with Gasteiger partial charge in [-0.05, 0) is 101 Å². The molecule has 1 aliphatic heterocycles. The Bertz CT molecular complexity index is 898. The number of halogens is 1. The maximum Gasteiger partial charge on any atom is 0.257 e. The Hall–Kier alpha value is -1.88. The van der Waals surface area contributed by atoms with Gasteiger partial charge in [-0.15, -0.1) is 0 Å². The van der Waals surface area contributed by atoms with Crippen molar-refractivity contribution in [2.24, 2.45) is 23.2 Å². The summed E-state index contributed by atoms with van der Waals surface area (Å²) >= 11 is 5.98. The van der Waals surface area contributed by atoms with E-state index in [0.717, 1.165) is 19.3 Å². The smallest absolute Gasteiger partial charge is 0.257 e. The first-order valence-corrected chi connectivity index (χ1v) is 11.9. The van der Waals surface area contributed by atoms with Crippen molar-refractivity contribution in [3.05, 3.63) is 29.3 Å². The van der Waals surface area contributed by atoms with Crippen LogP contribution in [-0.2, 0) is 14.4 Å². The lowest BCUT2D eigenvalue weighted by atomic mass is 9.49. The van der Waals surface area contributed by atoms with Crippen LogP contribution in [0.3, 0.4) is 0 Å². The van der Waals surface area contributed by atoms with Crippen molar-refractivity contribution >= 4 is 35.0 Å². The molecular weight excluding hydrogens is 412 g/mol. The van der Waals surface area contributed by atoms with Crippen molar-refractivity contribution in [3.63, 3.8) is 0 Å². The first kappa shape index (κ1) is 21.0. The van der Waals surface area contributed by atoms with Crippen LogP contribution in [0.5, 0.6) is 0 Å². The number of anilines is 1. The minimum absolute atomic E-state index is 0.0385. The summed E-state index contributed by atoms with van der Waals surface area (Å²) in [7, 11) is 0. The number of carbonyl (C=O) groups is 3. The highest BCUT2D eigenvalue weighted by Gasteiger charge is 2.58. The monoisotopic (exact) mass is 442 g/mol. The van der Waals surface area contributed by atoms with Crippen molar-refractivity contribution < 1.29 is 14.4 Å². The molecular formula is C25H31ClN2O3. The third kappa shape index (κ3) is 3.40. The van der Waals surface area contributed by atoms with Crippen LogP contribution >= 0.6 is 11.6 Å². The van der Waals surface area contributed by atoms with Gasteiger partial charge in [0.05, 0.1) is 17.5 Å². The van der Waals surface area contributed by atoms with Crippen LogP contribution in [0.15, 0.2) is 24.3 Å². The average Bonchev–Trinajstić information content (AvgIpc) is 2.94. The van der Waals surface area contributed by atoms with Gasteiger partial charge in [-0.3, -0.25) is 14.4 Å². The Labute approximate surface area is 189 Å².